The SMILES string of the molecule is O=[N+]([O-])[C@H]1CC=CC[C@@H]1C(Cl)(Cl)Cl. The fourth-order valence-corrected chi connectivity index (χ4v) is 2.09. The van der Waals surface area contributed by atoms with Gasteiger partial charge < -0.3 is 0 Å². The average Bonchev–Trinajstić information content (AvgIpc) is 2.03. The third-order valence-corrected chi connectivity index (χ3v) is 2.93. The highest BCUT2D eigenvalue weighted by atomic mass is 35.6. The van der Waals surface area contributed by atoms with E-state index in [0.29, 0.717) is 12.8 Å². The third-order valence-electron chi connectivity index (χ3n) is 2.09. The molecule has 0 heterocycles. The standard InChI is InChI=1S/C7H8Cl3NO2/c8-7(9,10)5-3-1-2-4-6(5)11(12)13/h1-2,5-6H,3-4H2/t5-,6-/m0/s1. The van der Waals surface area contributed by atoms with E-state index in [1.54, 1.807) is 6.08 Å². The van der Waals surface area contributed by atoms with Crippen LogP contribution >= 0.6 is 34.8 Å². The van der Waals surface area contributed by atoms with Crippen molar-refractivity contribution in [3.63, 3.8) is 0 Å². The molecule has 0 aromatic carbocycles. The van der Waals surface area contributed by atoms with E-state index in [9.17, 15) is 10.1 Å². The van der Waals surface area contributed by atoms with E-state index in [2.05, 4.69) is 0 Å². The van der Waals surface area contributed by atoms with E-state index >= 15 is 0 Å². The second kappa shape index (κ2) is 4.03. The lowest BCUT2D eigenvalue weighted by molar-refractivity contribution is -0.531. The van der Waals surface area contributed by atoms with Crippen molar-refractivity contribution in [3.8, 4) is 0 Å². The van der Waals surface area contributed by atoms with Gasteiger partial charge in [0, 0.05) is 11.3 Å². The molecule has 0 fully saturated rings. The number of alkyl halides is 3. The van der Waals surface area contributed by atoms with Gasteiger partial charge in [-0.25, -0.2) is 0 Å². The fourth-order valence-electron chi connectivity index (χ4n) is 1.38. The minimum atomic E-state index is -1.55. The Hall–Kier alpha value is 0.01000. The van der Waals surface area contributed by atoms with Crippen molar-refractivity contribution in [1.29, 1.82) is 0 Å². The van der Waals surface area contributed by atoms with Gasteiger partial charge in [0.2, 0.25) is 6.04 Å². The summed E-state index contributed by atoms with van der Waals surface area (Å²) in [6, 6.07) is -0.780. The van der Waals surface area contributed by atoms with Crippen LogP contribution in [0.1, 0.15) is 12.8 Å². The summed E-state index contributed by atoms with van der Waals surface area (Å²) in [6.07, 6.45) is 4.35. The van der Waals surface area contributed by atoms with E-state index in [-0.39, 0.29) is 4.92 Å². The Labute approximate surface area is 90.8 Å². The second-order valence-corrected chi connectivity index (χ2v) is 5.31. The van der Waals surface area contributed by atoms with E-state index < -0.39 is 15.8 Å². The molecule has 0 saturated carbocycles. The molecule has 0 aromatic rings. The number of halogens is 3. The number of nitro groups is 1. The van der Waals surface area contributed by atoms with Gasteiger partial charge in [-0.1, -0.05) is 47.0 Å². The summed E-state index contributed by atoms with van der Waals surface area (Å²) in [5, 5.41) is 10.6. The van der Waals surface area contributed by atoms with Crippen molar-refractivity contribution in [3.05, 3.63) is 22.3 Å². The molecule has 3 nitrogen and oxygen atoms in total. The molecular formula is C7H8Cl3NO2. The Morgan fingerprint density at radius 3 is 2.23 bits per heavy atom. The molecular weight excluding hydrogens is 236 g/mol. The van der Waals surface area contributed by atoms with Crippen LogP contribution < -0.4 is 0 Å². The van der Waals surface area contributed by atoms with Gasteiger partial charge in [-0.3, -0.25) is 10.1 Å². The maximum atomic E-state index is 10.6. The van der Waals surface area contributed by atoms with E-state index in [1.165, 1.54) is 0 Å². The van der Waals surface area contributed by atoms with Crippen LogP contribution in [0.5, 0.6) is 0 Å². The molecule has 13 heavy (non-hydrogen) atoms. The number of rotatable bonds is 1. The maximum absolute atomic E-state index is 10.6. The zero-order valence-electron chi connectivity index (χ0n) is 6.62. The van der Waals surface area contributed by atoms with Crippen LogP contribution in [0.2, 0.25) is 0 Å². The quantitative estimate of drug-likeness (QED) is 0.308. The van der Waals surface area contributed by atoms with Gasteiger partial charge in [0.15, 0.2) is 3.79 Å². The predicted molar refractivity (Wildman–Crippen MR) is 52.9 cm³/mol. The van der Waals surface area contributed by atoms with E-state index in [4.69, 9.17) is 34.8 Å². The van der Waals surface area contributed by atoms with Gasteiger partial charge in [0.1, 0.15) is 0 Å². The lowest BCUT2D eigenvalue weighted by Gasteiger charge is -2.27. The molecule has 1 aliphatic rings. The summed E-state index contributed by atoms with van der Waals surface area (Å²) in [5.41, 5.74) is 0. The Kier molecular flexibility index (Phi) is 3.44. The Bertz CT molecular complexity index is 236. The lowest BCUT2D eigenvalue weighted by atomic mass is 9.91. The van der Waals surface area contributed by atoms with Gasteiger partial charge in [-0.15, -0.1) is 0 Å². The summed E-state index contributed by atoms with van der Waals surface area (Å²) in [7, 11) is 0. The molecule has 0 aromatic heterocycles. The van der Waals surface area contributed by atoms with Gasteiger partial charge in [0.05, 0.1) is 5.92 Å². The zero-order chi connectivity index (χ0) is 10.1. The number of nitrogens with zero attached hydrogens (tertiary/aromatic N) is 1. The van der Waals surface area contributed by atoms with Crippen LogP contribution in [-0.2, 0) is 0 Å². The molecule has 0 amide bonds. The van der Waals surface area contributed by atoms with Gasteiger partial charge in [-0.05, 0) is 6.42 Å². The van der Waals surface area contributed by atoms with Gasteiger partial charge >= 0.3 is 0 Å². The Morgan fingerprint density at radius 1 is 1.31 bits per heavy atom. The number of allylic oxidation sites excluding steroid dienone is 1. The summed E-state index contributed by atoms with van der Waals surface area (Å²) >= 11 is 16.9. The molecule has 0 spiro atoms. The fraction of sp³-hybridized carbons (Fsp3) is 0.714. The molecule has 1 aliphatic carbocycles. The number of hydrogen-bond acceptors (Lipinski definition) is 2. The Morgan fingerprint density at radius 2 is 1.85 bits per heavy atom. The van der Waals surface area contributed by atoms with Crippen molar-refractivity contribution < 1.29 is 4.92 Å². The average molecular weight is 245 g/mol. The topological polar surface area (TPSA) is 43.1 Å². The highest BCUT2D eigenvalue weighted by Gasteiger charge is 2.44. The van der Waals surface area contributed by atoms with Gasteiger partial charge in [0.25, 0.3) is 0 Å². The molecule has 0 bridgehead atoms. The molecule has 0 radical (unpaired) electrons. The van der Waals surface area contributed by atoms with Crippen molar-refractivity contribution in [1.82, 2.24) is 0 Å². The zero-order valence-corrected chi connectivity index (χ0v) is 8.89. The first kappa shape index (κ1) is 11.1. The van der Waals surface area contributed by atoms with Crippen molar-refractivity contribution in [2.75, 3.05) is 0 Å². The predicted octanol–water partition coefficient (Wildman–Crippen LogP) is 2.97. The molecule has 2 atom stereocenters. The van der Waals surface area contributed by atoms with Crippen LogP contribution in [0.15, 0.2) is 12.2 Å². The second-order valence-electron chi connectivity index (χ2n) is 2.94. The summed E-state index contributed by atoms with van der Waals surface area (Å²) in [5.74, 6) is -0.530. The maximum Gasteiger partial charge on any atom is 0.223 e. The summed E-state index contributed by atoms with van der Waals surface area (Å²) < 4.78 is -1.55. The number of hydrogen-bond donors (Lipinski definition) is 0. The van der Waals surface area contributed by atoms with Crippen molar-refractivity contribution in [2.45, 2.75) is 22.7 Å². The monoisotopic (exact) mass is 243 g/mol. The van der Waals surface area contributed by atoms with Gasteiger partial charge in [-0.2, -0.15) is 0 Å². The van der Waals surface area contributed by atoms with Crippen LogP contribution in [0.3, 0.4) is 0 Å². The lowest BCUT2D eigenvalue weighted by Crippen LogP contribution is -2.38. The first-order valence-electron chi connectivity index (χ1n) is 3.78. The molecule has 74 valence electrons. The van der Waals surface area contributed by atoms with Crippen LogP contribution in [0.25, 0.3) is 0 Å². The minimum Gasteiger partial charge on any atom is -0.264 e. The van der Waals surface area contributed by atoms with Crippen LogP contribution in [0, 0.1) is 16.0 Å². The van der Waals surface area contributed by atoms with Crippen LogP contribution in [0.4, 0.5) is 0 Å². The third kappa shape index (κ3) is 2.73. The first-order chi connectivity index (χ1) is 5.93. The Balaban J connectivity index is 2.81. The minimum absolute atomic E-state index is 0.339. The summed E-state index contributed by atoms with van der Waals surface area (Å²) in [6.45, 7) is 0. The highest BCUT2D eigenvalue weighted by molar-refractivity contribution is 6.67. The molecule has 1 rings (SSSR count). The largest absolute Gasteiger partial charge is 0.264 e. The van der Waals surface area contributed by atoms with Crippen LogP contribution in [-0.4, -0.2) is 14.8 Å². The highest BCUT2D eigenvalue weighted by Crippen LogP contribution is 2.42. The molecule has 0 aliphatic heterocycles. The summed E-state index contributed by atoms with van der Waals surface area (Å²) in [4.78, 5) is 10.2. The van der Waals surface area contributed by atoms with Crippen molar-refractivity contribution in [2.24, 2.45) is 5.92 Å². The molecule has 0 unspecified atom stereocenters. The smallest absolute Gasteiger partial charge is 0.223 e. The molecule has 0 saturated heterocycles. The normalized spacial score (nSPS) is 28.8. The van der Waals surface area contributed by atoms with Crippen molar-refractivity contribution >= 4 is 34.8 Å². The molecule has 0 N–H and O–H groups in total. The van der Waals surface area contributed by atoms with E-state index in [1.807, 2.05) is 6.08 Å². The first-order valence-corrected chi connectivity index (χ1v) is 4.91. The van der Waals surface area contributed by atoms with E-state index in [0.717, 1.165) is 0 Å². The molecule has 6 heteroatoms.